The topological polar surface area (TPSA) is 115 Å². The minimum absolute atomic E-state index is 0.0132. The molecule has 9 nitrogen and oxygen atoms in total. The number of piperidine rings is 1. The summed E-state index contributed by atoms with van der Waals surface area (Å²) in [5, 5.41) is 10.6. The van der Waals surface area contributed by atoms with Crippen LogP contribution in [0.15, 0.2) is 51.8 Å². The zero-order valence-corrected chi connectivity index (χ0v) is 20.3. The number of sulfonamides is 1. The number of carbonyl (C=O) groups is 1. The number of carbonyl (C=O) groups excluding carboxylic acids is 1. The second-order valence-corrected chi connectivity index (χ2v) is 10.2. The van der Waals surface area contributed by atoms with Gasteiger partial charge in [0.15, 0.2) is 0 Å². The molecule has 180 valence electrons. The summed E-state index contributed by atoms with van der Waals surface area (Å²) in [5.74, 6) is 0.426. The van der Waals surface area contributed by atoms with Crippen LogP contribution in [0.1, 0.15) is 30.9 Å². The Hall–Kier alpha value is -3.24. The van der Waals surface area contributed by atoms with Crippen molar-refractivity contribution in [3.63, 3.8) is 0 Å². The van der Waals surface area contributed by atoms with Gasteiger partial charge in [-0.1, -0.05) is 22.8 Å². The van der Waals surface area contributed by atoms with Crippen molar-refractivity contribution in [3.8, 4) is 17.2 Å². The third-order valence-electron chi connectivity index (χ3n) is 5.84. The summed E-state index contributed by atoms with van der Waals surface area (Å²) in [6, 6.07) is 12.5. The van der Waals surface area contributed by atoms with Crippen molar-refractivity contribution >= 4 is 21.9 Å². The highest BCUT2D eigenvalue weighted by molar-refractivity contribution is 7.89. The van der Waals surface area contributed by atoms with Crippen LogP contribution >= 0.6 is 0 Å². The highest BCUT2D eigenvalue weighted by Gasteiger charge is 2.33. The molecule has 0 saturated carbocycles. The van der Waals surface area contributed by atoms with E-state index in [4.69, 9.17) is 9.15 Å². The molecule has 1 aliphatic heterocycles. The van der Waals surface area contributed by atoms with E-state index in [2.05, 4.69) is 15.5 Å². The van der Waals surface area contributed by atoms with Gasteiger partial charge >= 0.3 is 6.01 Å². The number of aromatic nitrogens is 2. The van der Waals surface area contributed by atoms with Crippen molar-refractivity contribution in [2.75, 3.05) is 25.0 Å². The molecular weight excluding hydrogens is 456 g/mol. The van der Waals surface area contributed by atoms with Crippen LogP contribution in [0.5, 0.6) is 5.75 Å². The summed E-state index contributed by atoms with van der Waals surface area (Å²) < 4.78 is 38.6. The Balaban J connectivity index is 1.35. The van der Waals surface area contributed by atoms with Crippen molar-refractivity contribution in [2.24, 2.45) is 5.92 Å². The maximum absolute atomic E-state index is 13.1. The standard InChI is InChI=1S/C24H28N4O5S/c1-4-32-20-8-6-19(7-9-20)23-26-27-24(33-23)25-22(29)18-11-13-28(14-12-18)34(30,31)21-10-5-16(2)15-17(21)3/h5-10,15,18H,4,11-14H2,1-3H3,(H,25,27,29). The molecule has 1 aromatic heterocycles. The number of nitrogens with one attached hydrogen (secondary N) is 1. The largest absolute Gasteiger partial charge is 0.494 e. The number of hydrogen-bond acceptors (Lipinski definition) is 7. The molecule has 1 fully saturated rings. The first-order valence-corrected chi connectivity index (χ1v) is 12.7. The van der Waals surface area contributed by atoms with E-state index in [-0.39, 0.29) is 36.8 Å². The van der Waals surface area contributed by atoms with E-state index < -0.39 is 10.0 Å². The van der Waals surface area contributed by atoms with E-state index in [1.165, 1.54) is 4.31 Å². The first kappa shape index (κ1) is 23.9. The maximum Gasteiger partial charge on any atom is 0.322 e. The monoisotopic (exact) mass is 484 g/mol. The summed E-state index contributed by atoms with van der Waals surface area (Å²) in [4.78, 5) is 13.0. The molecule has 1 amide bonds. The quantitative estimate of drug-likeness (QED) is 0.542. The van der Waals surface area contributed by atoms with Gasteiger partial charge in [-0.25, -0.2) is 8.42 Å². The van der Waals surface area contributed by atoms with Crippen LogP contribution in [0.3, 0.4) is 0 Å². The second-order valence-electron chi connectivity index (χ2n) is 8.31. The lowest BCUT2D eigenvalue weighted by molar-refractivity contribution is -0.121. The Morgan fingerprint density at radius 1 is 1.12 bits per heavy atom. The number of anilines is 1. The molecule has 0 spiro atoms. The molecule has 0 bridgehead atoms. The smallest absolute Gasteiger partial charge is 0.322 e. The fourth-order valence-electron chi connectivity index (χ4n) is 4.04. The fraction of sp³-hybridized carbons (Fsp3) is 0.375. The van der Waals surface area contributed by atoms with Crippen molar-refractivity contribution in [3.05, 3.63) is 53.6 Å². The van der Waals surface area contributed by atoms with E-state index in [1.807, 2.05) is 19.9 Å². The van der Waals surface area contributed by atoms with E-state index >= 15 is 0 Å². The van der Waals surface area contributed by atoms with Gasteiger partial charge in [0.1, 0.15) is 5.75 Å². The van der Waals surface area contributed by atoms with Crippen LogP contribution in [-0.4, -0.2) is 48.5 Å². The van der Waals surface area contributed by atoms with E-state index in [0.29, 0.717) is 29.9 Å². The lowest BCUT2D eigenvalue weighted by Crippen LogP contribution is -2.41. The number of benzene rings is 2. The third kappa shape index (κ3) is 5.13. The number of rotatable bonds is 7. The predicted octanol–water partition coefficient (Wildman–Crippen LogP) is 3.79. The van der Waals surface area contributed by atoms with Crippen molar-refractivity contribution in [1.29, 1.82) is 0 Å². The molecule has 2 heterocycles. The Morgan fingerprint density at radius 3 is 2.47 bits per heavy atom. The Bertz CT molecular complexity index is 1260. The van der Waals surface area contributed by atoms with Crippen molar-refractivity contribution in [1.82, 2.24) is 14.5 Å². The van der Waals surface area contributed by atoms with E-state index in [9.17, 15) is 13.2 Å². The van der Waals surface area contributed by atoms with Gasteiger partial charge in [-0.3, -0.25) is 10.1 Å². The molecule has 34 heavy (non-hydrogen) atoms. The van der Waals surface area contributed by atoms with Gasteiger partial charge < -0.3 is 9.15 Å². The summed E-state index contributed by atoms with van der Waals surface area (Å²) in [6.07, 6.45) is 0.825. The molecule has 0 unspecified atom stereocenters. The second kappa shape index (κ2) is 9.94. The molecular formula is C24H28N4O5S. The van der Waals surface area contributed by atoms with Gasteiger partial charge in [0, 0.05) is 24.6 Å². The number of nitrogens with zero attached hydrogens (tertiary/aromatic N) is 3. The first-order chi connectivity index (χ1) is 16.3. The van der Waals surface area contributed by atoms with Gasteiger partial charge in [-0.15, -0.1) is 5.10 Å². The zero-order chi connectivity index (χ0) is 24.3. The maximum atomic E-state index is 13.1. The number of aryl methyl sites for hydroxylation is 2. The van der Waals surface area contributed by atoms with Crippen LogP contribution in [0.25, 0.3) is 11.5 Å². The van der Waals surface area contributed by atoms with Crippen LogP contribution in [0.4, 0.5) is 6.01 Å². The predicted molar refractivity (Wildman–Crippen MR) is 127 cm³/mol. The summed E-state index contributed by atoms with van der Waals surface area (Å²) in [5.41, 5.74) is 2.44. The lowest BCUT2D eigenvalue weighted by Gasteiger charge is -2.30. The Kier molecular flexibility index (Phi) is 6.99. The summed E-state index contributed by atoms with van der Waals surface area (Å²) >= 11 is 0. The van der Waals surface area contributed by atoms with Crippen LogP contribution < -0.4 is 10.1 Å². The van der Waals surface area contributed by atoms with Gasteiger partial charge in [0.25, 0.3) is 0 Å². The molecule has 1 aliphatic rings. The van der Waals surface area contributed by atoms with Gasteiger partial charge in [0.05, 0.1) is 11.5 Å². The number of hydrogen-bond donors (Lipinski definition) is 1. The molecule has 4 rings (SSSR count). The molecule has 2 aromatic carbocycles. The van der Waals surface area contributed by atoms with Crippen molar-refractivity contribution in [2.45, 2.75) is 38.5 Å². The molecule has 0 atom stereocenters. The Morgan fingerprint density at radius 2 is 1.82 bits per heavy atom. The zero-order valence-electron chi connectivity index (χ0n) is 19.4. The highest BCUT2D eigenvalue weighted by atomic mass is 32.2. The third-order valence-corrected chi connectivity index (χ3v) is 7.90. The summed E-state index contributed by atoms with van der Waals surface area (Å²) in [7, 11) is -3.60. The Labute approximate surface area is 199 Å². The molecule has 0 aliphatic carbocycles. The average Bonchev–Trinajstić information content (AvgIpc) is 3.28. The SMILES string of the molecule is CCOc1ccc(-c2nnc(NC(=O)C3CCN(S(=O)(=O)c4ccc(C)cc4C)CC3)o2)cc1. The summed E-state index contributed by atoms with van der Waals surface area (Å²) in [6.45, 7) is 6.76. The average molecular weight is 485 g/mol. The molecule has 0 radical (unpaired) electrons. The molecule has 10 heteroatoms. The van der Waals surface area contributed by atoms with Crippen LogP contribution in [-0.2, 0) is 14.8 Å². The van der Waals surface area contributed by atoms with Gasteiger partial charge in [-0.2, -0.15) is 4.31 Å². The first-order valence-electron chi connectivity index (χ1n) is 11.2. The van der Waals surface area contributed by atoms with E-state index in [0.717, 1.165) is 16.9 Å². The number of amides is 1. The van der Waals surface area contributed by atoms with Crippen LogP contribution in [0, 0.1) is 19.8 Å². The van der Waals surface area contributed by atoms with E-state index in [1.54, 1.807) is 43.3 Å². The molecule has 1 N–H and O–H groups in total. The van der Waals surface area contributed by atoms with Crippen LogP contribution in [0.2, 0.25) is 0 Å². The molecule has 3 aromatic rings. The minimum Gasteiger partial charge on any atom is -0.494 e. The normalized spacial score (nSPS) is 15.3. The van der Waals surface area contributed by atoms with Gasteiger partial charge in [0.2, 0.25) is 21.8 Å². The number of ether oxygens (including phenoxy) is 1. The molecule has 1 saturated heterocycles. The highest BCUT2D eigenvalue weighted by Crippen LogP contribution is 2.28. The lowest BCUT2D eigenvalue weighted by atomic mass is 9.97. The van der Waals surface area contributed by atoms with Crippen molar-refractivity contribution < 1.29 is 22.4 Å². The fourth-order valence-corrected chi connectivity index (χ4v) is 5.72. The van der Waals surface area contributed by atoms with Gasteiger partial charge in [-0.05, 0) is 69.5 Å². The minimum atomic E-state index is -3.60.